The summed E-state index contributed by atoms with van der Waals surface area (Å²) in [5.74, 6) is 0.152. The Balaban J connectivity index is 1.38. The molecule has 4 rings (SSSR count). The van der Waals surface area contributed by atoms with Gasteiger partial charge in [-0.15, -0.1) is 0 Å². The lowest BCUT2D eigenvalue weighted by atomic mass is 9.95. The number of carbonyl (C=O) groups excluding carboxylic acids is 1. The SMILES string of the molecule is CCc1nc2cc(N3CCC(C(=O)NCc4ccccn4)CC3)cnc2nc1CC. The Hall–Kier alpha value is -3.09. The van der Waals surface area contributed by atoms with Gasteiger partial charge in [-0.2, -0.15) is 0 Å². The first-order valence-corrected chi connectivity index (χ1v) is 10.8. The van der Waals surface area contributed by atoms with Crippen LogP contribution in [0.3, 0.4) is 0 Å². The number of amides is 1. The van der Waals surface area contributed by atoms with Gasteiger partial charge in [-0.3, -0.25) is 9.78 Å². The third-order valence-corrected chi connectivity index (χ3v) is 5.73. The van der Waals surface area contributed by atoms with Crippen molar-refractivity contribution in [2.75, 3.05) is 18.0 Å². The van der Waals surface area contributed by atoms with Crippen molar-refractivity contribution in [1.82, 2.24) is 25.3 Å². The molecule has 0 unspecified atom stereocenters. The number of fused-ring (bicyclic) bond motifs is 1. The number of hydrogen-bond donors (Lipinski definition) is 1. The summed E-state index contributed by atoms with van der Waals surface area (Å²) in [5, 5.41) is 3.02. The molecule has 0 bridgehead atoms. The van der Waals surface area contributed by atoms with Gasteiger partial charge in [-0.25, -0.2) is 15.0 Å². The molecule has 0 radical (unpaired) electrons. The summed E-state index contributed by atoms with van der Waals surface area (Å²) in [4.78, 5) is 33.1. The number of nitrogens with zero attached hydrogens (tertiary/aromatic N) is 5. The molecule has 30 heavy (non-hydrogen) atoms. The smallest absolute Gasteiger partial charge is 0.223 e. The zero-order chi connectivity index (χ0) is 20.9. The Morgan fingerprint density at radius 3 is 2.57 bits per heavy atom. The summed E-state index contributed by atoms with van der Waals surface area (Å²) in [6.45, 7) is 6.34. The lowest BCUT2D eigenvalue weighted by Gasteiger charge is -2.32. The van der Waals surface area contributed by atoms with Crippen LogP contribution < -0.4 is 10.2 Å². The van der Waals surface area contributed by atoms with Gasteiger partial charge in [0, 0.05) is 25.2 Å². The van der Waals surface area contributed by atoms with Crippen LogP contribution in [0.1, 0.15) is 43.8 Å². The molecule has 3 aromatic rings. The van der Waals surface area contributed by atoms with E-state index < -0.39 is 0 Å². The maximum Gasteiger partial charge on any atom is 0.223 e. The van der Waals surface area contributed by atoms with Crippen LogP contribution in [0.4, 0.5) is 5.69 Å². The van der Waals surface area contributed by atoms with Crippen LogP contribution in [0.5, 0.6) is 0 Å². The average Bonchev–Trinajstić information content (AvgIpc) is 2.82. The summed E-state index contributed by atoms with van der Waals surface area (Å²) in [6.07, 6.45) is 7.01. The Kier molecular flexibility index (Phi) is 6.16. The standard InChI is InChI=1S/C23H28N6O/c1-3-19-20(4-2)28-22-21(27-19)13-18(15-25-22)29-11-8-16(9-12-29)23(30)26-14-17-7-5-6-10-24-17/h5-7,10,13,15-16H,3-4,8-9,11-12,14H2,1-2H3,(H,26,30). The van der Waals surface area contributed by atoms with Crippen molar-refractivity contribution < 1.29 is 4.79 Å². The minimum Gasteiger partial charge on any atom is -0.370 e. The van der Waals surface area contributed by atoms with Crippen molar-refractivity contribution in [3.63, 3.8) is 0 Å². The van der Waals surface area contributed by atoms with Gasteiger partial charge in [0.15, 0.2) is 5.65 Å². The quantitative estimate of drug-likeness (QED) is 0.680. The Morgan fingerprint density at radius 1 is 1.10 bits per heavy atom. The summed E-state index contributed by atoms with van der Waals surface area (Å²) >= 11 is 0. The number of aromatic nitrogens is 4. The van der Waals surface area contributed by atoms with E-state index in [0.717, 1.165) is 67.1 Å². The molecule has 4 heterocycles. The highest BCUT2D eigenvalue weighted by Crippen LogP contribution is 2.25. The van der Waals surface area contributed by atoms with Gasteiger partial charge in [0.1, 0.15) is 5.52 Å². The van der Waals surface area contributed by atoms with Crippen molar-refractivity contribution in [2.45, 2.75) is 46.1 Å². The third-order valence-electron chi connectivity index (χ3n) is 5.73. The number of piperidine rings is 1. The molecule has 0 aromatic carbocycles. The fourth-order valence-electron chi connectivity index (χ4n) is 3.97. The minimum atomic E-state index is 0.0389. The van der Waals surface area contributed by atoms with Gasteiger partial charge in [-0.05, 0) is 43.9 Å². The van der Waals surface area contributed by atoms with E-state index in [0.29, 0.717) is 12.2 Å². The first-order valence-electron chi connectivity index (χ1n) is 10.8. The number of aryl methyl sites for hydroxylation is 2. The zero-order valence-corrected chi connectivity index (χ0v) is 17.6. The van der Waals surface area contributed by atoms with Gasteiger partial charge >= 0.3 is 0 Å². The summed E-state index contributed by atoms with van der Waals surface area (Å²) in [5.41, 5.74) is 5.56. The van der Waals surface area contributed by atoms with Crippen molar-refractivity contribution in [3.05, 3.63) is 53.7 Å². The Labute approximate surface area is 177 Å². The van der Waals surface area contributed by atoms with Crippen molar-refractivity contribution in [2.24, 2.45) is 5.92 Å². The highest BCUT2D eigenvalue weighted by Gasteiger charge is 2.25. The molecule has 0 saturated carbocycles. The molecule has 0 aliphatic carbocycles. The third kappa shape index (κ3) is 4.40. The lowest BCUT2D eigenvalue weighted by molar-refractivity contribution is -0.125. The summed E-state index contributed by atoms with van der Waals surface area (Å²) < 4.78 is 0. The van der Waals surface area contributed by atoms with Gasteiger partial charge in [0.2, 0.25) is 5.91 Å². The molecule has 1 amide bonds. The Bertz CT molecular complexity index is 1010. The van der Waals surface area contributed by atoms with E-state index in [-0.39, 0.29) is 11.8 Å². The van der Waals surface area contributed by atoms with E-state index in [4.69, 9.17) is 4.98 Å². The average molecular weight is 405 g/mol. The maximum atomic E-state index is 12.5. The number of carbonyl (C=O) groups is 1. The summed E-state index contributed by atoms with van der Waals surface area (Å²) in [6, 6.07) is 7.81. The number of hydrogen-bond acceptors (Lipinski definition) is 6. The van der Waals surface area contributed by atoms with Crippen LogP contribution in [-0.2, 0) is 24.2 Å². The molecule has 7 nitrogen and oxygen atoms in total. The molecule has 1 aliphatic heterocycles. The number of pyridine rings is 2. The molecule has 3 aromatic heterocycles. The topological polar surface area (TPSA) is 83.9 Å². The second kappa shape index (κ2) is 9.15. The van der Waals surface area contributed by atoms with E-state index in [9.17, 15) is 4.79 Å². The van der Waals surface area contributed by atoms with Crippen LogP contribution in [0.15, 0.2) is 36.7 Å². The normalized spacial score (nSPS) is 14.8. The highest BCUT2D eigenvalue weighted by atomic mass is 16.1. The fraction of sp³-hybridized carbons (Fsp3) is 0.435. The van der Waals surface area contributed by atoms with Crippen molar-refractivity contribution in [1.29, 1.82) is 0 Å². The first kappa shape index (κ1) is 20.2. The molecular formula is C23H28N6O. The van der Waals surface area contributed by atoms with Crippen LogP contribution >= 0.6 is 0 Å². The van der Waals surface area contributed by atoms with Crippen LogP contribution in [0, 0.1) is 5.92 Å². The maximum absolute atomic E-state index is 12.5. The molecular weight excluding hydrogens is 376 g/mol. The zero-order valence-electron chi connectivity index (χ0n) is 17.6. The summed E-state index contributed by atoms with van der Waals surface area (Å²) in [7, 11) is 0. The van der Waals surface area contributed by atoms with Crippen molar-refractivity contribution >= 4 is 22.8 Å². The molecule has 156 valence electrons. The first-order chi connectivity index (χ1) is 14.7. The van der Waals surface area contributed by atoms with Gasteiger partial charge < -0.3 is 10.2 Å². The number of anilines is 1. The molecule has 1 aliphatic rings. The van der Waals surface area contributed by atoms with Crippen LogP contribution in [0.25, 0.3) is 11.2 Å². The van der Waals surface area contributed by atoms with Gasteiger partial charge in [-0.1, -0.05) is 19.9 Å². The highest BCUT2D eigenvalue weighted by molar-refractivity contribution is 5.79. The van der Waals surface area contributed by atoms with E-state index in [1.165, 1.54) is 0 Å². The monoisotopic (exact) mass is 404 g/mol. The van der Waals surface area contributed by atoms with E-state index >= 15 is 0 Å². The molecule has 1 saturated heterocycles. The molecule has 1 fully saturated rings. The molecule has 0 spiro atoms. The number of rotatable bonds is 6. The molecule has 7 heteroatoms. The second-order valence-electron chi connectivity index (χ2n) is 7.66. The van der Waals surface area contributed by atoms with Gasteiger partial charge in [0.25, 0.3) is 0 Å². The van der Waals surface area contributed by atoms with Crippen molar-refractivity contribution in [3.8, 4) is 0 Å². The fourth-order valence-corrected chi connectivity index (χ4v) is 3.97. The minimum absolute atomic E-state index is 0.0389. The predicted molar refractivity (Wildman–Crippen MR) is 117 cm³/mol. The number of nitrogens with one attached hydrogen (secondary N) is 1. The van der Waals surface area contributed by atoms with Crippen LogP contribution in [-0.4, -0.2) is 38.9 Å². The van der Waals surface area contributed by atoms with Crippen LogP contribution in [0.2, 0.25) is 0 Å². The predicted octanol–water partition coefficient (Wildman–Crippen LogP) is 3.08. The largest absolute Gasteiger partial charge is 0.370 e. The van der Waals surface area contributed by atoms with E-state index in [1.807, 2.05) is 24.4 Å². The van der Waals surface area contributed by atoms with E-state index in [1.54, 1.807) is 6.20 Å². The lowest BCUT2D eigenvalue weighted by Crippen LogP contribution is -2.40. The second-order valence-corrected chi connectivity index (χ2v) is 7.66. The molecule has 1 N–H and O–H groups in total. The van der Waals surface area contributed by atoms with Gasteiger partial charge in [0.05, 0.1) is 35.5 Å². The van der Waals surface area contributed by atoms with E-state index in [2.05, 4.69) is 45.1 Å². The molecule has 0 atom stereocenters. The Morgan fingerprint density at radius 2 is 1.87 bits per heavy atom.